The predicted molar refractivity (Wildman–Crippen MR) is 105 cm³/mol. The number of carbonyl (C=O) groups excluding carboxylic acids is 1. The Bertz CT molecular complexity index is 798. The number of hydrogen-bond donors (Lipinski definition) is 1. The number of carbonyl (C=O) groups is 1. The average Bonchev–Trinajstić information content (AvgIpc) is 2.65. The zero-order valence-corrected chi connectivity index (χ0v) is 15.8. The van der Waals surface area contributed by atoms with Gasteiger partial charge in [0, 0.05) is 23.5 Å². The van der Waals surface area contributed by atoms with Gasteiger partial charge in [0.2, 0.25) is 5.91 Å². The van der Waals surface area contributed by atoms with Crippen LogP contribution >= 0.6 is 11.6 Å². The van der Waals surface area contributed by atoms with Crippen LogP contribution in [-0.4, -0.2) is 34.6 Å². The summed E-state index contributed by atoms with van der Waals surface area (Å²) in [6.45, 7) is 0.863. The molecule has 3 nitrogen and oxygen atoms in total. The van der Waals surface area contributed by atoms with Gasteiger partial charge in [-0.05, 0) is 73.4 Å². The Kier molecular flexibility index (Phi) is 5.19. The topological polar surface area (TPSA) is 40.5 Å². The summed E-state index contributed by atoms with van der Waals surface area (Å²) >= 11 is 6.52. The van der Waals surface area contributed by atoms with Crippen molar-refractivity contribution < 1.29 is 9.90 Å². The minimum absolute atomic E-state index is 0.0225. The Labute approximate surface area is 159 Å². The maximum Gasteiger partial charge on any atom is 0.226 e. The number of piperidine rings is 1. The summed E-state index contributed by atoms with van der Waals surface area (Å²) in [5.74, 6) is 0.302. The van der Waals surface area contributed by atoms with Gasteiger partial charge in [-0.15, -0.1) is 0 Å². The molecular weight excluding hydrogens is 346 g/mol. The van der Waals surface area contributed by atoms with E-state index in [4.69, 9.17) is 11.6 Å². The van der Waals surface area contributed by atoms with E-state index in [0.29, 0.717) is 12.5 Å². The number of halogens is 1. The van der Waals surface area contributed by atoms with Crippen molar-refractivity contribution in [1.82, 2.24) is 4.90 Å². The quantitative estimate of drug-likeness (QED) is 0.858. The van der Waals surface area contributed by atoms with Crippen LogP contribution in [-0.2, 0) is 11.2 Å². The lowest BCUT2D eigenvalue weighted by atomic mass is 9.86. The highest BCUT2D eigenvalue weighted by atomic mass is 35.5. The molecule has 0 bridgehead atoms. The largest absolute Gasteiger partial charge is 0.393 e. The van der Waals surface area contributed by atoms with Crippen LogP contribution in [0.4, 0.5) is 0 Å². The summed E-state index contributed by atoms with van der Waals surface area (Å²) < 4.78 is 0. The first-order chi connectivity index (χ1) is 12.6. The van der Waals surface area contributed by atoms with Crippen molar-refractivity contribution in [1.29, 1.82) is 0 Å². The summed E-state index contributed by atoms with van der Waals surface area (Å²) in [5, 5.41) is 12.8. The minimum atomic E-state index is -0.182. The molecular formula is C22H26ClNO2. The molecule has 1 amide bonds. The monoisotopic (exact) mass is 371 g/mol. The molecule has 1 aliphatic heterocycles. The molecule has 1 N–H and O–H groups in total. The lowest BCUT2D eigenvalue weighted by molar-refractivity contribution is -0.142. The molecule has 26 heavy (non-hydrogen) atoms. The summed E-state index contributed by atoms with van der Waals surface area (Å²) in [6, 6.07) is 12.7. The predicted octanol–water partition coefficient (Wildman–Crippen LogP) is 4.58. The summed E-state index contributed by atoms with van der Waals surface area (Å²) in [5.41, 5.74) is 1.07. The van der Waals surface area contributed by atoms with Crippen molar-refractivity contribution in [3.63, 3.8) is 0 Å². The maximum absolute atomic E-state index is 13.1. The van der Waals surface area contributed by atoms with E-state index in [9.17, 15) is 9.90 Å². The number of hydrogen-bond acceptors (Lipinski definition) is 2. The fourth-order valence-corrected chi connectivity index (χ4v) is 4.83. The van der Waals surface area contributed by atoms with Crippen LogP contribution in [0.25, 0.3) is 10.8 Å². The third-order valence-corrected chi connectivity index (χ3v) is 6.42. The zero-order valence-electron chi connectivity index (χ0n) is 15.0. The van der Waals surface area contributed by atoms with E-state index in [1.54, 1.807) is 0 Å². The van der Waals surface area contributed by atoms with Gasteiger partial charge >= 0.3 is 0 Å². The first-order valence-electron chi connectivity index (χ1n) is 9.77. The molecule has 1 atom stereocenters. The van der Waals surface area contributed by atoms with Crippen molar-refractivity contribution in [3.8, 4) is 0 Å². The van der Waals surface area contributed by atoms with E-state index in [0.717, 1.165) is 61.0 Å². The molecule has 138 valence electrons. The number of amides is 1. The molecule has 2 aromatic rings. The van der Waals surface area contributed by atoms with Crippen LogP contribution in [0.15, 0.2) is 36.4 Å². The molecule has 0 spiro atoms. The Hall–Kier alpha value is -1.58. The number of rotatable bonds is 3. The van der Waals surface area contributed by atoms with Crippen LogP contribution in [0.5, 0.6) is 0 Å². The highest BCUT2D eigenvalue weighted by Crippen LogP contribution is 2.32. The average molecular weight is 372 g/mol. The van der Waals surface area contributed by atoms with Gasteiger partial charge in [0.25, 0.3) is 0 Å². The Balaban J connectivity index is 1.51. The molecule has 2 aliphatic rings. The Morgan fingerprint density at radius 1 is 1.04 bits per heavy atom. The molecule has 1 aliphatic carbocycles. The molecule has 2 aromatic carbocycles. The summed E-state index contributed by atoms with van der Waals surface area (Å²) in [7, 11) is 0. The number of nitrogens with zero attached hydrogens (tertiary/aromatic N) is 1. The van der Waals surface area contributed by atoms with Gasteiger partial charge in [0.1, 0.15) is 0 Å². The van der Waals surface area contributed by atoms with E-state index in [1.807, 2.05) is 18.2 Å². The molecule has 1 heterocycles. The SMILES string of the molecule is O=C1C(Cc2cc3ccccc3cc2Cl)CCCN1[C@H]1CC[C@H](O)CC1. The summed E-state index contributed by atoms with van der Waals surface area (Å²) in [4.78, 5) is 15.2. The first-order valence-corrected chi connectivity index (χ1v) is 10.2. The second-order valence-electron chi connectivity index (χ2n) is 7.83. The summed E-state index contributed by atoms with van der Waals surface area (Å²) in [6.07, 6.45) is 6.01. The lowest BCUT2D eigenvalue weighted by Gasteiger charge is -2.40. The Morgan fingerprint density at radius 2 is 1.73 bits per heavy atom. The van der Waals surface area contributed by atoms with Crippen molar-refractivity contribution in [3.05, 3.63) is 47.0 Å². The number of benzene rings is 2. The first kappa shape index (κ1) is 17.8. The van der Waals surface area contributed by atoms with E-state index >= 15 is 0 Å². The number of fused-ring (bicyclic) bond motifs is 1. The third kappa shape index (κ3) is 3.60. The van der Waals surface area contributed by atoms with E-state index in [-0.39, 0.29) is 17.9 Å². The van der Waals surface area contributed by atoms with Crippen molar-refractivity contribution in [2.75, 3.05) is 6.54 Å². The molecule has 4 rings (SSSR count). The van der Waals surface area contributed by atoms with Crippen LogP contribution < -0.4 is 0 Å². The minimum Gasteiger partial charge on any atom is -0.393 e. The molecule has 0 aromatic heterocycles. The van der Waals surface area contributed by atoms with Crippen LogP contribution in [0, 0.1) is 5.92 Å². The second-order valence-corrected chi connectivity index (χ2v) is 8.24. The van der Waals surface area contributed by atoms with Crippen molar-refractivity contribution >= 4 is 28.3 Å². The van der Waals surface area contributed by atoms with E-state index < -0.39 is 0 Å². The van der Waals surface area contributed by atoms with Gasteiger partial charge in [-0.1, -0.05) is 35.9 Å². The molecule has 4 heteroatoms. The van der Waals surface area contributed by atoms with Gasteiger partial charge in [0.05, 0.1) is 6.10 Å². The molecule has 1 saturated heterocycles. The maximum atomic E-state index is 13.1. The fraction of sp³-hybridized carbons (Fsp3) is 0.500. The van der Waals surface area contributed by atoms with Crippen LogP contribution in [0.2, 0.25) is 5.02 Å². The highest BCUT2D eigenvalue weighted by molar-refractivity contribution is 6.32. The fourth-order valence-electron chi connectivity index (χ4n) is 4.58. The van der Waals surface area contributed by atoms with Gasteiger partial charge < -0.3 is 10.0 Å². The smallest absolute Gasteiger partial charge is 0.226 e. The highest BCUT2D eigenvalue weighted by Gasteiger charge is 2.35. The standard InChI is InChI=1S/C22H26ClNO2/c23-21-14-16-5-2-1-4-15(16)12-18(21)13-17-6-3-11-24(22(17)26)19-7-9-20(25)10-8-19/h1-2,4-5,12,14,17,19-20,25H,3,6-11,13H2/t17?,19-,20-. The lowest BCUT2D eigenvalue weighted by Crippen LogP contribution is -2.49. The van der Waals surface area contributed by atoms with Gasteiger partial charge in [-0.3, -0.25) is 4.79 Å². The molecule has 0 radical (unpaired) electrons. The van der Waals surface area contributed by atoms with E-state index in [2.05, 4.69) is 23.1 Å². The van der Waals surface area contributed by atoms with Gasteiger partial charge in [0.15, 0.2) is 0 Å². The Morgan fingerprint density at radius 3 is 2.46 bits per heavy atom. The van der Waals surface area contributed by atoms with Crippen molar-refractivity contribution in [2.45, 2.75) is 57.1 Å². The normalized spacial score (nSPS) is 27.1. The number of likely N-dealkylation sites (tertiary alicyclic amines) is 1. The van der Waals surface area contributed by atoms with Crippen LogP contribution in [0.3, 0.4) is 0 Å². The zero-order chi connectivity index (χ0) is 18.1. The van der Waals surface area contributed by atoms with Gasteiger partial charge in [-0.25, -0.2) is 0 Å². The molecule has 1 saturated carbocycles. The number of aliphatic hydroxyl groups excluding tert-OH is 1. The van der Waals surface area contributed by atoms with Gasteiger partial charge in [-0.2, -0.15) is 0 Å². The van der Waals surface area contributed by atoms with Crippen molar-refractivity contribution in [2.24, 2.45) is 5.92 Å². The second kappa shape index (κ2) is 7.58. The third-order valence-electron chi connectivity index (χ3n) is 6.07. The molecule has 1 unspecified atom stereocenters. The van der Waals surface area contributed by atoms with E-state index in [1.165, 1.54) is 5.39 Å². The van der Waals surface area contributed by atoms with Crippen LogP contribution in [0.1, 0.15) is 44.1 Å². The molecule has 2 fully saturated rings. The number of aliphatic hydroxyl groups is 1.